The molecule has 130 valence electrons. The highest BCUT2D eigenvalue weighted by atomic mass is 16.2. The summed E-state index contributed by atoms with van der Waals surface area (Å²) in [5.74, 6) is 0.254. The first-order chi connectivity index (χ1) is 11.5. The molecule has 1 amide bonds. The van der Waals surface area contributed by atoms with Gasteiger partial charge in [-0.3, -0.25) is 14.2 Å². The van der Waals surface area contributed by atoms with E-state index in [1.165, 1.54) is 5.56 Å². The molecular formula is C18H27N5O. The molecule has 1 saturated heterocycles. The Morgan fingerprint density at radius 1 is 1.33 bits per heavy atom. The Morgan fingerprint density at radius 2 is 2.12 bits per heavy atom. The second-order valence-corrected chi connectivity index (χ2v) is 6.90. The highest BCUT2D eigenvalue weighted by Crippen LogP contribution is 2.21. The number of aromatic nitrogens is 4. The second kappa shape index (κ2) is 6.79. The third-order valence-electron chi connectivity index (χ3n) is 5.11. The minimum Gasteiger partial charge on any atom is -0.338 e. The summed E-state index contributed by atoms with van der Waals surface area (Å²) < 4.78 is 3.86. The van der Waals surface area contributed by atoms with Gasteiger partial charge >= 0.3 is 0 Å². The topological polar surface area (TPSA) is 56.0 Å². The van der Waals surface area contributed by atoms with Crippen LogP contribution in [0.4, 0.5) is 0 Å². The molecule has 0 bridgehead atoms. The molecule has 2 aromatic rings. The molecule has 1 aliphatic heterocycles. The van der Waals surface area contributed by atoms with E-state index >= 15 is 0 Å². The molecule has 0 unspecified atom stereocenters. The van der Waals surface area contributed by atoms with Crippen molar-refractivity contribution in [3.05, 3.63) is 34.9 Å². The maximum Gasteiger partial charge on any atom is 0.223 e. The lowest BCUT2D eigenvalue weighted by molar-refractivity contribution is -0.132. The summed E-state index contributed by atoms with van der Waals surface area (Å²) in [5, 5.41) is 8.80. The van der Waals surface area contributed by atoms with Gasteiger partial charge in [0, 0.05) is 31.9 Å². The summed E-state index contributed by atoms with van der Waals surface area (Å²) in [5.41, 5.74) is 4.57. The van der Waals surface area contributed by atoms with Crippen LogP contribution in [-0.4, -0.2) is 43.0 Å². The SMILES string of the molecule is Cc1cnn(C[C@H]2CCCN2C(=O)CCc2c(C)nn(C)c2C)c1. The van der Waals surface area contributed by atoms with Gasteiger partial charge in [-0.15, -0.1) is 0 Å². The van der Waals surface area contributed by atoms with E-state index in [1.807, 2.05) is 42.7 Å². The number of hydrogen-bond acceptors (Lipinski definition) is 3. The van der Waals surface area contributed by atoms with Gasteiger partial charge in [-0.2, -0.15) is 10.2 Å². The zero-order valence-electron chi connectivity index (χ0n) is 15.1. The molecule has 24 heavy (non-hydrogen) atoms. The van der Waals surface area contributed by atoms with Crippen molar-refractivity contribution < 1.29 is 4.79 Å². The smallest absolute Gasteiger partial charge is 0.223 e. The van der Waals surface area contributed by atoms with Crippen LogP contribution >= 0.6 is 0 Å². The monoisotopic (exact) mass is 329 g/mol. The molecule has 3 rings (SSSR count). The maximum atomic E-state index is 12.7. The van der Waals surface area contributed by atoms with Crippen molar-refractivity contribution in [1.29, 1.82) is 0 Å². The summed E-state index contributed by atoms with van der Waals surface area (Å²) in [6.45, 7) is 7.79. The van der Waals surface area contributed by atoms with Crippen LogP contribution in [0.3, 0.4) is 0 Å². The Labute approximate surface area is 143 Å². The Kier molecular flexibility index (Phi) is 4.73. The number of nitrogens with zero attached hydrogens (tertiary/aromatic N) is 5. The molecule has 1 fully saturated rings. The Hall–Kier alpha value is -2.11. The Balaban J connectivity index is 1.61. The number of carbonyl (C=O) groups is 1. The fourth-order valence-corrected chi connectivity index (χ4v) is 3.69. The summed E-state index contributed by atoms with van der Waals surface area (Å²) in [6.07, 6.45) is 7.39. The van der Waals surface area contributed by atoms with E-state index in [1.54, 1.807) is 0 Å². The van der Waals surface area contributed by atoms with Gasteiger partial charge < -0.3 is 4.90 Å². The molecule has 0 aliphatic carbocycles. The van der Waals surface area contributed by atoms with Crippen LogP contribution < -0.4 is 0 Å². The highest BCUT2D eigenvalue weighted by molar-refractivity contribution is 5.77. The van der Waals surface area contributed by atoms with E-state index in [2.05, 4.69) is 22.0 Å². The molecule has 0 N–H and O–H groups in total. The molecule has 1 aliphatic rings. The molecule has 1 atom stereocenters. The first-order valence-electron chi connectivity index (χ1n) is 8.73. The molecular weight excluding hydrogens is 302 g/mol. The van der Waals surface area contributed by atoms with E-state index < -0.39 is 0 Å². The first kappa shape index (κ1) is 16.7. The van der Waals surface area contributed by atoms with Crippen LogP contribution in [0.2, 0.25) is 0 Å². The number of hydrogen-bond donors (Lipinski definition) is 0. The van der Waals surface area contributed by atoms with E-state index in [9.17, 15) is 4.79 Å². The lowest BCUT2D eigenvalue weighted by Crippen LogP contribution is -2.38. The van der Waals surface area contributed by atoms with Crippen LogP contribution in [0.15, 0.2) is 12.4 Å². The van der Waals surface area contributed by atoms with Crippen molar-refractivity contribution in [3.8, 4) is 0 Å². The average Bonchev–Trinajstić information content (AvgIpc) is 3.21. The fraction of sp³-hybridized carbons (Fsp3) is 0.611. The largest absolute Gasteiger partial charge is 0.338 e. The van der Waals surface area contributed by atoms with Crippen molar-refractivity contribution in [3.63, 3.8) is 0 Å². The van der Waals surface area contributed by atoms with Crippen LogP contribution in [0, 0.1) is 20.8 Å². The van der Waals surface area contributed by atoms with Gasteiger partial charge in [-0.1, -0.05) is 0 Å². The Bertz CT molecular complexity index is 730. The Morgan fingerprint density at radius 3 is 2.75 bits per heavy atom. The van der Waals surface area contributed by atoms with Crippen LogP contribution in [0.1, 0.15) is 41.8 Å². The minimum atomic E-state index is 0.254. The van der Waals surface area contributed by atoms with Crippen LogP contribution in [0.25, 0.3) is 0 Å². The maximum absolute atomic E-state index is 12.7. The van der Waals surface area contributed by atoms with Crippen LogP contribution in [-0.2, 0) is 24.8 Å². The van der Waals surface area contributed by atoms with Crippen molar-refractivity contribution in [2.24, 2.45) is 7.05 Å². The van der Waals surface area contributed by atoms with E-state index in [4.69, 9.17) is 0 Å². The standard InChI is InChI=1S/C18H27N5O/c1-13-10-19-22(11-13)12-16-6-5-9-23(16)18(24)8-7-17-14(2)20-21(4)15(17)3/h10-11,16H,5-9,12H2,1-4H3/t16-/m1/s1. The predicted octanol–water partition coefficient (Wildman–Crippen LogP) is 2.17. The second-order valence-electron chi connectivity index (χ2n) is 6.90. The highest BCUT2D eigenvalue weighted by Gasteiger charge is 2.29. The number of aryl methyl sites for hydroxylation is 3. The van der Waals surface area contributed by atoms with Gasteiger partial charge in [0.2, 0.25) is 5.91 Å². The van der Waals surface area contributed by atoms with Crippen molar-refractivity contribution in [2.75, 3.05) is 6.54 Å². The van der Waals surface area contributed by atoms with Crippen molar-refractivity contribution >= 4 is 5.91 Å². The lowest BCUT2D eigenvalue weighted by Gasteiger charge is -2.25. The number of rotatable bonds is 5. The third kappa shape index (κ3) is 3.37. The average molecular weight is 329 g/mol. The first-order valence-corrected chi connectivity index (χ1v) is 8.73. The molecule has 0 radical (unpaired) electrons. The molecule has 0 aromatic carbocycles. The number of likely N-dealkylation sites (tertiary alicyclic amines) is 1. The van der Waals surface area contributed by atoms with E-state index in [0.29, 0.717) is 6.42 Å². The van der Waals surface area contributed by atoms with Crippen LogP contribution in [0.5, 0.6) is 0 Å². The normalized spacial score (nSPS) is 17.7. The van der Waals surface area contributed by atoms with Crippen molar-refractivity contribution in [1.82, 2.24) is 24.5 Å². The summed E-state index contributed by atoms with van der Waals surface area (Å²) >= 11 is 0. The molecule has 6 heteroatoms. The summed E-state index contributed by atoms with van der Waals surface area (Å²) in [7, 11) is 1.95. The molecule has 0 saturated carbocycles. The molecule has 6 nitrogen and oxygen atoms in total. The molecule has 2 aromatic heterocycles. The minimum absolute atomic E-state index is 0.254. The number of amides is 1. The summed E-state index contributed by atoms with van der Waals surface area (Å²) in [4.78, 5) is 14.8. The predicted molar refractivity (Wildman–Crippen MR) is 92.7 cm³/mol. The zero-order chi connectivity index (χ0) is 17.3. The molecule has 3 heterocycles. The van der Waals surface area contributed by atoms with E-state index in [-0.39, 0.29) is 11.9 Å². The summed E-state index contributed by atoms with van der Waals surface area (Å²) in [6, 6.07) is 0.271. The van der Waals surface area contributed by atoms with Gasteiger partial charge in [0.25, 0.3) is 0 Å². The van der Waals surface area contributed by atoms with Gasteiger partial charge in [-0.05, 0) is 51.2 Å². The third-order valence-corrected chi connectivity index (χ3v) is 5.11. The zero-order valence-corrected chi connectivity index (χ0v) is 15.1. The molecule has 0 spiro atoms. The quantitative estimate of drug-likeness (QED) is 0.845. The lowest BCUT2D eigenvalue weighted by atomic mass is 10.1. The van der Waals surface area contributed by atoms with E-state index in [0.717, 1.165) is 49.3 Å². The van der Waals surface area contributed by atoms with Gasteiger partial charge in [0.1, 0.15) is 0 Å². The number of carbonyl (C=O) groups excluding carboxylic acids is 1. The fourth-order valence-electron chi connectivity index (χ4n) is 3.69. The van der Waals surface area contributed by atoms with Crippen molar-refractivity contribution in [2.45, 2.75) is 59.0 Å². The van der Waals surface area contributed by atoms with Gasteiger partial charge in [0.05, 0.1) is 24.5 Å². The van der Waals surface area contributed by atoms with Gasteiger partial charge in [0.15, 0.2) is 0 Å². The van der Waals surface area contributed by atoms with Gasteiger partial charge in [-0.25, -0.2) is 0 Å².